The van der Waals surface area contributed by atoms with Crippen molar-refractivity contribution in [3.8, 4) is 11.8 Å². The topological polar surface area (TPSA) is 47.0 Å². The van der Waals surface area contributed by atoms with Crippen LogP contribution in [0.25, 0.3) is 0 Å². The minimum atomic E-state index is -0.427. The summed E-state index contributed by atoms with van der Waals surface area (Å²) in [6.45, 7) is 2.54. The van der Waals surface area contributed by atoms with E-state index in [2.05, 4.69) is 15.3 Å². The molecule has 0 radical (unpaired) electrons. The van der Waals surface area contributed by atoms with E-state index in [1.807, 2.05) is 14.0 Å². The monoisotopic (exact) mass is 247 g/mol. The first-order valence-electron chi connectivity index (χ1n) is 5.58. The number of ether oxygens (including phenoxy) is 1. The van der Waals surface area contributed by atoms with Crippen LogP contribution in [0.5, 0.6) is 11.8 Å². The number of nitrogens with one attached hydrogen (secondary N) is 1. The van der Waals surface area contributed by atoms with Gasteiger partial charge in [0.25, 0.3) is 0 Å². The molecule has 0 amide bonds. The summed E-state index contributed by atoms with van der Waals surface area (Å²) in [6, 6.07) is 4.79. The van der Waals surface area contributed by atoms with E-state index in [0.29, 0.717) is 6.54 Å². The number of aromatic nitrogens is 2. The van der Waals surface area contributed by atoms with Gasteiger partial charge in [0.05, 0.1) is 0 Å². The van der Waals surface area contributed by atoms with Gasteiger partial charge in [-0.25, -0.2) is 14.4 Å². The normalized spacial score (nSPS) is 10.4. The standard InChI is InChI=1S/C13H14FN3O/c1-9-3-4-11(14)12(5-9)18-13-16-7-10(6-15-2)8-17-13/h3-5,7-8,15H,6H2,1-2H3. The molecular formula is C13H14FN3O. The van der Waals surface area contributed by atoms with Crippen LogP contribution < -0.4 is 10.1 Å². The van der Waals surface area contributed by atoms with Crippen LogP contribution in [-0.2, 0) is 6.54 Å². The molecular weight excluding hydrogens is 233 g/mol. The molecule has 0 spiro atoms. The lowest BCUT2D eigenvalue weighted by Gasteiger charge is -2.06. The van der Waals surface area contributed by atoms with Gasteiger partial charge in [-0.15, -0.1) is 0 Å². The van der Waals surface area contributed by atoms with Crippen LogP contribution in [0.1, 0.15) is 11.1 Å². The average Bonchev–Trinajstić information content (AvgIpc) is 2.37. The number of halogens is 1. The summed E-state index contributed by atoms with van der Waals surface area (Å²) >= 11 is 0. The lowest BCUT2D eigenvalue weighted by atomic mass is 10.2. The van der Waals surface area contributed by atoms with Crippen LogP contribution in [0.4, 0.5) is 4.39 Å². The summed E-state index contributed by atoms with van der Waals surface area (Å²) in [5.74, 6) is -0.292. The number of nitrogens with zero attached hydrogens (tertiary/aromatic N) is 2. The third-order valence-corrected chi connectivity index (χ3v) is 2.35. The van der Waals surface area contributed by atoms with Crippen LogP contribution in [0.3, 0.4) is 0 Å². The molecule has 0 fully saturated rings. The van der Waals surface area contributed by atoms with Crippen LogP contribution in [-0.4, -0.2) is 17.0 Å². The molecule has 5 heteroatoms. The number of aryl methyl sites for hydroxylation is 1. The second kappa shape index (κ2) is 5.55. The molecule has 0 atom stereocenters. The van der Waals surface area contributed by atoms with Crippen molar-refractivity contribution in [1.82, 2.24) is 15.3 Å². The van der Waals surface area contributed by atoms with Gasteiger partial charge in [0, 0.05) is 24.5 Å². The Kier molecular flexibility index (Phi) is 3.84. The zero-order valence-electron chi connectivity index (χ0n) is 10.3. The maximum absolute atomic E-state index is 13.5. The van der Waals surface area contributed by atoms with Crippen molar-refractivity contribution in [2.75, 3.05) is 7.05 Å². The van der Waals surface area contributed by atoms with Gasteiger partial charge >= 0.3 is 6.01 Å². The van der Waals surface area contributed by atoms with E-state index in [4.69, 9.17) is 4.74 Å². The van der Waals surface area contributed by atoms with Crippen molar-refractivity contribution in [3.63, 3.8) is 0 Å². The molecule has 94 valence electrons. The van der Waals surface area contributed by atoms with Gasteiger partial charge < -0.3 is 10.1 Å². The van der Waals surface area contributed by atoms with E-state index >= 15 is 0 Å². The highest BCUT2D eigenvalue weighted by molar-refractivity contribution is 5.31. The first kappa shape index (κ1) is 12.4. The summed E-state index contributed by atoms with van der Waals surface area (Å²) in [7, 11) is 1.84. The first-order valence-corrected chi connectivity index (χ1v) is 5.58. The number of hydrogen-bond acceptors (Lipinski definition) is 4. The predicted molar refractivity (Wildman–Crippen MR) is 66.0 cm³/mol. The molecule has 2 rings (SSSR count). The number of rotatable bonds is 4. The SMILES string of the molecule is CNCc1cnc(Oc2cc(C)ccc2F)nc1. The van der Waals surface area contributed by atoms with Crippen molar-refractivity contribution in [3.05, 3.63) is 47.5 Å². The maximum atomic E-state index is 13.5. The van der Waals surface area contributed by atoms with Gasteiger partial charge in [-0.1, -0.05) is 6.07 Å². The summed E-state index contributed by atoms with van der Waals surface area (Å²) in [5.41, 5.74) is 1.85. The minimum Gasteiger partial charge on any atom is -0.421 e. The summed E-state index contributed by atoms with van der Waals surface area (Å²) in [6.07, 6.45) is 3.29. The molecule has 0 aliphatic rings. The van der Waals surface area contributed by atoms with Crippen LogP contribution >= 0.6 is 0 Å². The van der Waals surface area contributed by atoms with Gasteiger partial charge in [-0.2, -0.15) is 0 Å². The largest absolute Gasteiger partial charge is 0.421 e. The molecule has 0 saturated heterocycles. The zero-order valence-corrected chi connectivity index (χ0v) is 10.3. The predicted octanol–water partition coefficient (Wildman–Crippen LogP) is 2.44. The molecule has 1 heterocycles. The first-order chi connectivity index (χ1) is 8.69. The second-order valence-corrected chi connectivity index (χ2v) is 3.94. The smallest absolute Gasteiger partial charge is 0.321 e. The van der Waals surface area contributed by atoms with Crippen molar-refractivity contribution in [2.24, 2.45) is 0 Å². The molecule has 18 heavy (non-hydrogen) atoms. The lowest BCUT2D eigenvalue weighted by molar-refractivity contribution is 0.410. The zero-order chi connectivity index (χ0) is 13.0. The highest BCUT2D eigenvalue weighted by atomic mass is 19.1. The molecule has 2 aromatic rings. The van der Waals surface area contributed by atoms with Crippen molar-refractivity contribution >= 4 is 0 Å². The van der Waals surface area contributed by atoms with Gasteiger partial charge in [0.1, 0.15) is 0 Å². The Bertz CT molecular complexity index is 528. The van der Waals surface area contributed by atoms with Crippen LogP contribution in [0.2, 0.25) is 0 Å². The molecule has 0 aliphatic carbocycles. The Morgan fingerprint density at radius 2 is 2.00 bits per heavy atom. The third kappa shape index (κ3) is 3.01. The van der Waals surface area contributed by atoms with E-state index in [1.165, 1.54) is 6.07 Å². The van der Waals surface area contributed by atoms with Crippen LogP contribution in [0.15, 0.2) is 30.6 Å². The fourth-order valence-corrected chi connectivity index (χ4v) is 1.48. The molecule has 0 saturated carbocycles. The fraction of sp³-hybridized carbons (Fsp3) is 0.231. The van der Waals surface area contributed by atoms with E-state index in [1.54, 1.807) is 24.5 Å². The Morgan fingerprint density at radius 1 is 1.28 bits per heavy atom. The maximum Gasteiger partial charge on any atom is 0.321 e. The molecule has 0 bridgehead atoms. The van der Waals surface area contributed by atoms with Gasteiger partial charge in [-0.05, 0) is 31.7 Å². The summed E-state index contributed by atoms with van der Waals surface area (Å²) in [4.78, 5) is 8.05. The third-order valence-electron chi connectivity index (χ3n) is 2.35. The average molecular weight is 247 g/mol. The van der Waals surface area contributed by atoms with E-state index in [-0.39, 0.29) is 11.8 Å². The Balaban J connectivity index is 2.15. The van der Waals surface area contributed by atoms with Gasteiger partial charge in [0.2, 0.25) is 0 Å². The van der Waals surface area contributed by atoms with Crippen molar-refractivity contribution in [1.29, 1.82) is 0 Å². The van der Waals surface area contributed by atoms with E-state index in [9.17, 15) is 4.39 Å². The van der Waals surface area contributed by atoms with E-state index < -0.39 is 5.82 Å². The summed E-state index contributed by atoms with van der Waals surface area (Å²) < 4.78 is 18.8. The number of benzene rings is 1. The fourth-order valence-electron chi connectivity index (χ4n) is 1.48. The number of hydrogen-bond donors (Lipinski definition) is 1. The van der Waals surface area contributed by atoms with Crippen molar-refractivity contribution in [2.45, 2.75) is 13.5 Å². The van der Waals surface area contributed by atoms with Crippen LogP contribution in [0, 0.1) is 12.7 Å². The molecule has 1 N–H and O–H groups in total. The Morgan fingerprint density at radius 3 is 2.67 bits per heavy atom. The second-order valence-electron chi connectivity index (χ2n) is 3.94. The Hall–Kier alpha value is -2.01. The molecule has 0 unspecified atom stereocenters. The molecule has 1 aromatic carbocycles. The van der Waals surface area contributed by atoms with E-state index in [0.717, 1.165) is 11.1 Å². The minimum absolute atomic E-state index is 0.136. The molecule has 0 aliphatic heterocycles. The van der Waals surface area contributed by atoms with Gasteiger partial charge in [0.15, 0.2) is 11.6 Å². The molecule has 1 aromatic heterocycles. The lowest BCUT2D eigenvalue weighted by Crippen LogP contribution is -2.06. The quantitative estimate of drug-likeness (QED) is 0.901. The van der Waals surface area contributed by atoms with Gasteiger partial charge in [-0.3, -0.25) is 0 Å². The highest BCUT2D eigenvalue weighted by Crippen LogP contribution is 2.22. The van der Waals surface area contributed by atoms with Crippen molar-refractivity contribution < 1.29 is 9.13 Å². The molecule has 4 nitrogen and oxygen atoms in total. The highest BCUT2D eigenvalue weighted by Gasteiger charge is 2.06. The summed E-state index contributed by atoms with van der Waals surface area (Å²) in [5, 5.41) is 2.99. The Labute approximate surface area is 105 Å².